The third-order valence-electron chi connectivity index (χ3n) is 6.86. The molecule has 38 heavy (non-hydrogen) atoms. The van der Waals surface area contributed by atoms with Gasteiger partial charge >= 0.3 is 0 Å². The summed E-state index contributed by atoms with van der Waals surface area (Å²) < 4.78 is 32.6. The molecule has 0 aliphatic carbocycles. The number of hydrogen-bond acceptors (Lipinski definition) is 5. The average molecular weight is 513 g/mol. The van der Waals surface area contributed by atoms with Gasteiger partial charge in [0.15, 0.2) is 5.65 Å². The van der Waals surface area contributed by atoms with Gasteiger partial charge in [0.05, 0.1) is 24.8 Å². The predicted octanol–water partition coefficient (Wildman–Crippen LogP) is 6.70. The zero-order chi connectivity index (χ0) is 26.3. The highest BCUT2D eigenvalue weighted by molar-refractivity contribution is 6.01. The van der Waals surface area contributed by atoms with Gasteiger partial charge in [-0.3, -0.25) is 15.0 Å². The van der Waals surface area contributed by atoms with Crippen LogP contribution in [0.25, 0.3) is 50.0 Å². The molecule has 0 bridgehead atoms. The Morgan fingerprint density at radius 1 is 1.26 bits per heavy atom. The first kappa shape index (κ1) is 24.0. The SMILES string of the molecule is C=N/C=C(\C=C(/C)CN1CCC(F)(F)C1)c1cnc2[nH]nc(-c3cc4c(-c5ccoc5)cccc4[nH]3)c2c1. The summed E-state index contributed by atoms with van der Waals surface area (Å²) in [5.41, 5.74) is 7.89. The van der Waals surface area contributed by atoms with Gasteiger partial charge in [-0.25, -0.2) is 13.8 Å². The van der Waals surface area contributed by atoms with Gasteiger partial charge in [-0.15, -0.1) is 0 Å². The number of aliphatic imine (C=N–C) groups is 1. The lowest BCUT2D eigenvalue weighted by atomic mass is 10.0. The van der Waals surface area contributed by atoms with Crippen LogP contribution in [0.3, 0.4) is 0 Å². The first-order valence-electron chi connectivity index (χ1n) is 12.3. The number of nitrogens with one attached hydrogen (secondary N) is 2. The van der Waals surface area contributed by atoms with Crippen LogP contribution in [0.15, 0.2) is 82.4 Å². The third kappa shape index (κ3) is 4.56. The Labute approximate surface area is 217 Å². The number of benzene rings is 1. The molecule has 9 heteroatoms. The van der Waals surface area contributed by atoms with Gasteiger partial charge < -0.3 is 9.40 Å². The van der Waals surface area contributed by atoms with Crippen molar-refractivity contribution in [3.63, 3.8) is 0 Å². The Bertz CT molecular complexity index is 1690. The van der Waals surface area contributed by atoms with Crippen molar-refractivity contribution in [2.75, 3.05) is 19.6 Å². The van der Waals surface area contributed by atoms with E-state index < -0.39 is 5.92 Å². The van der Waals surface area contributed by atoms with Gasteiger partial charge in [0.1, 0.15) is 5.69 Å². The lowest BCUT2D eigenvalue weighted by Crippen LogP contribution is -2.26. The minimum Gasteiger partial charge on any atom is -0.472 e. The largest absolute Gasteiger partial charge is 0.472 e. The van der Waals surface area contributed by atoms with Crippen LogP contribution in [0, 0.1) is 0 Å². The molecule has 0 amide bonds. The molecule has 192 valence electrons. The average Bonchev–Trinajstić information content (AvgIpc) is 3.69. The van der Waals surface area contributed by atoms with Gasteiger partial charge in [0.25, 0.3) is 5.92 Å². The summed E-state index contributed by atoms with van der Waals surface area (Å²) in [6.45, 7) is 6.18. The first-order chi connectivity index (χ1) is 18.4. The van der Waals surface area contributed by atoms with Crippen molar-refractivity contribution >= 4 is 34.2 Å². The molecule has 1 aromatic carbocycles. The van der Waals surface area contributed by atoms with E-state index >= 15 is 0 Å². The molecule has 0 saturated carbocycles. The quantitative estimate of drug-likeness (QED) is 0.188. The molecule has 5 aromatic rings. The molecule has 5 heterocycles. The summed E-state index contributed by atoms with van der Waals surface area (Å²) in [6, 6.07) is 12.1. The Morgan fingerprint density at radius 2 is 2.16 bits per heavy atom. The number of likely N-dealkylation sites (tertiary alicyclic amines) is 1. The lowest BCUT2D eigenvalue weighted by Gasteiger charge is -2.16. The Morgan fingerprint density at radius 3 is 2.92 bits per heavy atom. The standard InChI is InChI=1S/C29H26F2N6O/c1-18(15-37-8-7-29(30,31)17-37)10-20(13-32-2)21-11-24-27(35-36-28(24)33-14-21)26-12-23-22(19-6-9-38-16-19)4-3-5-25(23)34-26/h3-6,9-14,16,34H,2,7-8,15,17H2,1H3,(H,33,35,36)/b18-10+,20-13+. The van der Waals surface area contributed by atoms with Crippen LogP contribution >= 0.6 is 0 Å². The highest BCUT2D eigenvalue weighted by Gasteiger charge is 2.37. The second-order valence-corrected chi connectivity index (χ2v) is 9.73. The molecule has 2 N–H and O–H groups in total. The molecule has 6 rings (SSSR count). The maximum atomic E-state index is 13.6. The van der Waals surface area contributed by atoms with Crippen molar-refractivity contribution in [3.05, 3.63) is 78.5 Å². The first-order valence-corrected chi connectivity index (χ1v) is 12.3. The zero-order valence-corrected chi connectivity index (χ0v) is 20.8. The topological polar surface area (TPSA) is 86.1 Å². The number of H-pyrrole nitrogens is 2. The van der Waals surface area contributed by atoms with E-state index in [-0.39, 0.29) is 13.0 Å². The van der Waals surface area contributed by atoms with Crippen molar-refractivity contribution in [3.8, 4) is 22.5 Å². The van der Waals surface area contributed by atoms with E-state index in [0.29, 0.717) is 18.7 Å². The van der Waals surface area contributed by atoms with Crippen molar-refractivity contribution in [1.29, 1.82) is 0 Å². The maximum absolute atomic E-state index is 13.6. The summed E-state index contributed by atoms with van der Waals surface area (Å²) in [5, 5.41) is 9.49. The zero-order valence-electron chi connectivity index (χ0n) is 20.8. The smallest absolute Gasteiger partial charge is 0.261 e. The van der Waals surface area contributed by atoms with E-state index in [1.807, 2.05) is 37.3 Å². The summed E-state index contributed by atoms with van der Waals surface area (Å²) in [5.74, 6) is -2.61. The third-order valence-corrected chi connectivity index (χ3v) is 6.86. The molecule has 0 spiro atoms. The van der Waals surface area contributed by atoms with Crippen LogP contribution in [-0.4, -0.2) is 57.3 Å². The lowest BCUT2D eigenvalue weighted by molar-refractivity contribution is 0.0131. The van der Waals surface area contributed by atoms with E-state index in [0.717, 1.165) is 55.5 Å². The number of alkyl halides is 2. The maximum Gasteiger partial charge on any atom is 0.261 e. The van der Waals surface area contributed by atoms with E-state index in [4.69, 9.17) is 4.42 Å². The molecule has 1 fully saturated rings. The van der Waals surface area contributed by atoms with E-state index in [2.05, 4.69) is 44.0 Å². The summed E-state index contributed by atoms with van der Waals surface area (Å²) in [6.07, 6.45) is 8.65. The number of aromatic nitrogens is 4. The Hall–Kier alpha value is -4.37. The van der Waals surface area contributed by atoms with E-state index in [1.165, 1.54) is 0 Å². The summed E-state index contributed by atoms with van der Waals surface area (Å²) in [7, 11) is 0. The predicted molar refractivity (Wildman–Crippen MR) is 146 cm³/mol. The fourth-order valence-electron chi connectivity index (χ4n) is 5.12. The van der Waals surface area contributed by atoms with E-state index in [9.17, 15) is 8.78 Å². The number of aromatic amines is 2. The van der Waals surface area contributed by atoms with Crippen LogP contribution < -0.4 is 0 Å². The molecular weight excluding hydrogens is 486 g/mol. The van der Waals surface area contributed by atoms with Crippen molar-refractivity contribution in [2.45, 2.75) is 19.3 Å². The number of pyridine rings is 1. The van der Waals surface area contributed by atoms with Crippen molar-refractivity contribution in [1.82, 2.24) is 25.1 Å². The van der Waals surface area contributed by atoms with Crippen LogP contribution in [0.5, 0.6) is 0 Å². The minimum absolute atomic E-state index is 0.0988. The summed E-state index contributed by atoms with van der Waals surface area (Å²) >= 11 is 0. The van der Waals surface area contributed by atoms with Crippen LogP contribution in [-0.2, 0) is 0 Å². The molecule has 0 atom stereocenters. The molecule has 1 aliphatic heterocycles. The minimum atomic E-state index is -2.61. The number of rotatable bonds is 7. The number of furan rings is 1. The van der Waals surface area contributed by atoms with Gasteiger partial charge in [-0.05, 0) is 43.5 Å². The van der Waals surface area contributed by atoms with Gasteiger partial charge in [0, 0.05) is 64.9 Å². The van der Waals surface area contributed by atoms with Gasteiger partial charge in [-0.2, -0.15) is 5.10 Å². The molecule has 0 unspecified atom stereocenters. The second-order valence-electron chi connectivity index (χ2n) is 9.73. The number of nitrogens with zero attached hydrogens (tertiary/aromatic N) is 4. The normalized spacial score (nSPS) is 16.6. The molecule has 7 nitrogen and oxygen atoms in total. The van der Waals surface area contributed by atoms with Crippen LogP contribution in [0.2, 0.25) is 0 Å². The second kappa shape index (κ2) is 9.50. The van der Waals surface area contributed by atoms with Gasteiger partial charge in [0.2, 0.25) is 0 Å². The highest BCUT2D eigenvalue weighted by Crippen LogP contribution is 2.35. The van der Waals surface area contributed by atoms with Crippen molar-refractivity contribution in [2.24, 2.45) is 4.99 Å². The molecule has 1 saturated heterocycles. The number of allylic oxidation sites excluding steroid dienone is 2. The molecule has 1 aliphatic rings. The number of halogens is 2. The van der Waals surface area contributed by atoms with Crippen LogP contribution in [0.4, 0.5) is 8.78 Å². The molecule has 4 aromatic heterocycles. The fraction of sp³-hybridized carbons (Fsp3) is 0.207. The molecule has 0 radical (unpaired) electrons. The number of fused-ring (bicyclic) bond motifs is 2. The van der Waals surface area contributed by atoms with E-state index in [1.54, 1.807) is 29.8 Å². The number of hydrogen-bond donors (Lipinski definition) is 2. The fourth-order valence-corrected chi connectivity index (χ4v) is 5.12. The van der Waals surface area contributed by atoms with Crippen LogP contribution in [0.1, 0.15) is 18.9 Å². The Kier molecular flexibility index (Phi) is 6.00. The van der Waals surface area contributed by atoms with Crippen molar-refractivity contribution < 1.29 is 13.2 Å². The van der Waals surface area contributed by atoms with Gasteiger partial charge in [-0.1, -0.05) is 23.8 Å². The monoisotopic (exact) mass is 512 g/mol. The highest BCUT2D eigenvalue weighted by atomic mass is 19.3. The summed E-state index contributed by atoms with van der Waals surface area (Å²) in [4.78, 5) is 13.8. The molecular formula is C29H26F2N6O. The Balaban J connectivity index is 1.35.